The molecule has 1 heterocycles. The van der Waals surface area contributed by atoms with E-state index in [4.69, 9.17) is 9.47 Å². The molecule has 1 aromatic carbocycles. The summed E-state index contributed by atoms with van der Waals surface area (Å²) in [5.74, 6) is -0.291. The van der Waals surface area contributed by atoms with E-state index >= 15 is 0 Å². The maximum absolute atomic E-state index is 10.8. The van der Waals surface area contributed by atoms with Gasteiger partial charge in [0.2, 0.25) is 0 Å². The number of benzene rings is 1. The van der Waals surface area contributed by atoms with Crippen LogP contribution in [0.25, 0.3) is 0 Å². The topological polar surface area (TPSA) is 44.8 Å². The first-order valence-electron chi connectivity index (χ1n) is 5.13. The Morgan fingerprint density at radius 3 is 1.94 bits per heavy atom. The van der Waals surface area contributed by atoms with Crippen LogP contribution in [0.4, 0.5) is 0 Å². The minimum atomic E-state index is -0.291. The van der Waals surface area contributed by atoms with Crippen molar-refractivity contribution in [2.45, 2.75) is 0 Å². The Bertz CT molecular complexity index is 282. The lowest BCUT2D eigenvalue weighted by atomic mass is 10.2. The zero-order valence-corrected chi connectivity index (χ0v) is 9.35. The molecule has 1 saturated heterocycles. The van der Waals surface area contributed by atoms with Gasteiger partial charge in [0.25, 0.3) is 0 Å². The van der Waals surface area contributed by atoms with Crippen molar-refractivity contribution in [3.05, 3.63) is 35.9 Å². The van der Waals surface area contributed by atoms with Crippen molar-refractivity contribution >= 4 is 5.97 Å². The fraction of sp³-hybridized carbons (Fsp3) is 0.417. The average Bonchev–Trinajstić information content (AvgIpc) is 2.41. The number of methoxy groups -OCH3 is 1. The van der Waals surface area contributed by atoms with Gasteiger partial charge in [-0.25, -0.2) is 4.79 Å². The predicted molar refractivity (Wildman–Crippen MR) is 59.4 cm³/mol. The van der Waals surface area contributed by atoms with Crippen LogP contribution in [-0.4, -0.2) is 39.5 Å². The van der Waals surface area contributed by atoms with Gasteiger partial charge in [-0.05, 0) is 12.1 Å². The normalized spacial score (nSPS) is 14.6. The summed E-state index contributed by atoms with van der Waals surface area (Å²) in [5, 5.41) is 0. The molecular formula is C12H16O4. The minimum Gasteiger partial charge on any atom is -0.465 e. The second-order valence-corrected chi connectivity index (χ2v) is 3.08. The van der Waals surface area contributed by atoms with E-state index in [2.05, 4.69) is 4.74 Å². The summed E-state index contributed by atoms with van der Waals surface area (Å²) < 4.78 is 14.4. The van der Waals surface area contributed by atoms with Crippen molar-refractivity contribution in [2.24, 2.45) is 0 Å². The molecule has 1 aromatic rings. The van der Waals surface area contributed by atoms with Gasteiger partial charge < -0.3 is 14.2 Å². The molecule has 0 radical (unpaired) electrons. The van der Waals surface area contributed by atoms with Crippen molar-refractivity contribution < 1.29 is 19.0 Å². The highest BCUT2D eigenvalue weighted by atomic mass is 16.6. The van der Waals surface area contributed by atoms with Gasteiger partial charge in [-0.1, -0.05) is 18.2 Å². The van der Waals surface area contributed by atoms with Crippen LogP contribution in [0.1, 0.15) is 10.4 Å². The van der Waals surface area contributed by atoms with E-state index in [1.165, 1.54) is 7.11 Å². The molecule has 0 N–H and O–H groups in total. The molecule has 1 fully saturated rings. The summed E-state index contributed by atoms with van der Waals surface area (Å²) in [6.07, 6.45) is 0. The molecule has 0 aliphatic carbocycles. The first-order chi connectivity index (χ1) is 7.84. The van der Waals surface area contributed by atoms with E-state index in [0.29, 0.717) is 5.56 Å². The predicted octanol–water partition coefficient (Wildman–Crippen LogP) is 1.51. The SMILES string of the molecule is C1COCCO1.COC(=O)c1ccccc1. The number of hydrogen-bond donors (Lipinski definition) is 0. The first kappa shape index (κ1) is 12.7. The van der Waals surface area contributed by atoms with E-state index in [9.17, 15) is 4.79 Å². The second-order valence-electron chi connectivity index (χ2n) is 3.08. The quantitative estimate of drug-likeness (QED) is 0.678. The van der Waals surface area contributed by atoms with Gasteiger partial charge in [-0.15, -0.1) is 0 Å². The van der Waals surface area contributed by atoms with Crippen LogP contribution in [0.2, 0.25) is 0 Å². The lowest BCUT2D eigenvalue weighted by Crippen LogP contribution is -2.16. The molecule has 0 amide bonds. The molecule has 1 aliphatic heterocycles. The third-order valence-electron chi connectivity index (χ3n) is 1.94. The zero-order chi connectivity index (χ0) is 11.6. The highest BCUT2D eigenvalue weighted by Crippen LogP contribution is 1.98. The number of esters is 1. The Morgan fingerprint density at radius 1 is 1.06 bits per heavy atom. The lowest BCUT2D eigenvalue weighted by Gasteiger charge is -2.09. The van der Waals surface area contributed by atoms with Crippen molar-refractivity contribution in [3.63, 3.8) is 0 Å². The monoisotopic (exact) mass is 224 g/mol. The maximum Gasteiger partial charge on any atom is 0.337 e. The van der Waals surface area contributed by atoms with E-state index in [1.807, 2.05) is 6.07 Å². The third-order valence-corrected chi connectivity index (χ3v) is 1.94. The van der Waals surface area contributed by atoms with Crippen LogP contribution in [0.5, 0.6) is 0 Å². The second kappa shape index (κ2) is 7.84. The van der Waals surface area contributed by atoms with Gasteiger partial charge in [-0.2, -0.15) is 0 Å². The summed E-state index contributed by atoms with van der Waals surface area (Å²) in [6.45, 7) is 3.11. The van der Waals surface area contributed by atoms with Crippen LogP contribution < -0.4 is 0 Å². The standard InChI is InChI=1S/C8H8O2.C4H8O2/c1-10-8(9)7-5-3-2-4-6-7;1-2-6-4-3-5-1/h2-6H,1H3;1-4H2. The van der Waals surface area contributed by atoms with Gasteiger partial charge in [0.15, 0.2) is 0 Å². The molecule has 0 unspecified atom stereocenters. The summed E-state index contributed by atoms with van der Waals surface area (Å²) in [7, 11) is 1.37. The summed E-state index contributed by atoms with van der Waals surface area (Å²) >= 11 is 0. The Morgan fingerprint density at radius 2 is 1.56 bits per heavy atom. The van der Waals surface area contributed by atoms with E-state index in [1.54, 1.807) is 24.3 Å². The van der Waals surface area contributed by atoms with E-state index < -0.39 is 0 Å². The number of carbonyl (C=O) groups is 1. The third kappa shape index (κ3) is 4.91. The van der Waals surface area contributed by atoms with Crippen LogP contribution in [0, 0.1) is 0 Å². The van der Waals surface area contributed by atoms with E-state index in [0.717, 1.165) is 26.4 Å². The zero-order valence-electron chi connectivity index (χ0n) is 9.35. The van der Waals surface area contributed by atoms with Crippen LogP contribution in [0.3, 0.4) is 0 Å². The van der Waals surface area contributed by atoms with Crippen molar-refractivity contribution in [2.75, 3.05) is 33.5 Å². The van der Waals surface area contributed by atoms with Crippen LogP contribution in [0.15, 0.2) is 30.3 Å². The van der Waals surface area contributed by atoms with Crippen LogP contribution >= 0.6 is 0 Å². The molecule has 4 nitrogen and oxygen atoms in total. The first-order valence-corrected chi connectivity index (χ1v) is 5.13. The maximum atomic E-state index is 10.8. The number of ether oxygens (including phenoxy) is 3. The van der Waals surface area contributed by atoms with Gasteiger partial charge >= 0.3 is 5.97 Å². The molecule has 0 spiro atoms. The number of rotatable bonds is 1. The Labute approximate surface area is 95.1 Å². The van der Waals surface area contributed by atoms with Crippen molar-refractivity contribution in [1.29, 1.82) is 0 Å². The average molecular weight is 224 g/mol. The van der Waals surface area contributed by atoms with Crippen molar-refractivity contribution in [3.8, 4) is 0 Å². The summed E-state index contributed by atoms with van der Waals surface area (Å²) in [6, 6.07) is 8.88. The van der Waals surface area contributed by atoms with E-state index in [-0.39, 0.29) is 5.97 Å². The molecule has 0 bridgehead atoms. The highest BCUT2D eigenvalue weighted by Gasteiger charge is 2.00. The molecular weight excluding hydrogens is 208 g/mol. The van der Waals surface area contributed by atoms with Gasteiger partial charge in [0, 0.05) is 0 Å². The summed E-state index contributed by atoms with van der Waals surface area (Å²) in [4.78, 5) is 10.8. The van der Waals surface area contributed by atoms with Gasteiger partial charge in [-0.3, -0.25) is 0 Å². The highest BCUT2D eigenvalue weighted by molar-refractivity contribution is 5.89. The number of hydrogen-bond acceptors (Lipinski definition) is 4. The number of carbonyl (C=O) groups excluding carboxylic acids is 1. The molecule has 16 heavy (non-hydrogen) atoms. The fourth-order valence-electron chi connectivity index (χ4n) is 1.13. The van der Waals surface area contributed by atoms with Gasteiger partial charge in [0.05, 0.1) is 39.1 Å². The molecule has 0 atom stereocenters. The van der Waals surface area contributed by atoms with Gasteiger partial charge in [0.1, 0.15) is 0 Å². The Balaban J connectivity index is 0.000000181. The van der Waals surface area contributed by atoms with Crippen molar-refractivity contribution in [1.82, 2.24) is 0 Å². The Kier molecular flexibility index (Phi) is 6.22. The van der Waals surface area contributed by atoms with Crippen LogP contribution in [-0.2, 0) is 14.2 Å². The lowest BCUT2D eigenvalue weighted by molar-refractivity contribution is -0.0334. The Hall–Kier alpha value is -1.39. The summed E-state index contributed by atoms with van der Waals surface area (Å²) in [5.41, 5.74) is 0.588. The molecule has 0 aromatic heterocycles. The smallest absolute Gasteiger partial charge is 0.337 e. The molecule has 4 heteroatoms. The molecule has 2 rings (SSSR count). The molecule has 1 aliphatic rings. The molecule has 88 valence electrons. The largest absolute Gasteiger partial charge is 0.465 e. The molecule has 0 saturated carbocycles. The fourth-order valence-corrected chi connectivity index (χ4v) is 1.13. The minimum absolute atomic E-state index is 0.291.